The van der Waals surface area contributed by atoms with Gasteiger partial charge in [0, 0.05) is 6.54 Å². The lowest BCUT2D eigenvalue weighted by molar-refractivity contribution is -0.120. The van der Waals surface area contributed by atoms with Gasteiger partial charge in [-0.25, -0.2) is 4.39 Å². The lowest BCUT2D eigenvalue weighted by Gasteiger charge is -2.12. The summed E-state index contributed by atoms with van der Waals surface area (Å²) in [6.07, 6.45) is 0. The standard InChI is InChI=1S/C18H17FN4O4S/c19-13-4-2-1-3-12(13)17(25)20-9-16(24)22-23-18(28)21-8-11-5-6-14-15(7-11)27-10-26-14/h1-7H,8-10H2,(H,20,25)(H,22,24)(H2,21,23,28). The molecule has 4 N–H and O–H groups in total. The van der Waals surface area contributed by atoms with Crippen LogP contribution in [0.3, 0.4) is 0 Å². The summed E-state index contributed by atoms with van der Waals surface area (Å²) in [7, 11) is 0. The van der Waals surface area contributed by atoms with Crippen molar-refractivity contribution in [1.29, 1.82) is 0 Å². The average molecular weight is 404 g/mol. The van der Waals surface area contributed by atoms with Crippen molar-refractivity contribution in [3.05, 3.63) is 59.4 Å². The SMILES string of the molecule is O=C(CNC(=O)c1ccccc1F)NNC(=S)NCc1ccc2c(c1)OCO2. The molecule has 3 rings (SSSR count). The Labute approximate surface area is 165 Å². The molecule has 2 amide bonds. The van der Waals surface area contributed by atoms with Crippen molar-refractivity contribution in [3.63, 3.8) is 0 Å². The molecule has 0 unspecified atom stereocenters. The van der Waals surface area contributed by atoms with Crippen molar-refractivity contribution < 1.29 is 23.5 Å². The van der Waals surface area contributed by atoms with Crippen molar-refractivity contribution >= 4 is 29.1 Å². The minimum Gasteiger partial charge on any atom is -0.454 e. The number of nitrogens with one attached hydrogen (secondary N) is 4. The van der Waals surface area contributed by atoms with Gasteiger partial charge in [0.05, 0.1) is 12.1 Å². The summed E-state index contributed by atoms with van der Waals surface area (Å²) in [6.45, 7) is 0.263. The maximum absolute atomic E-state index is 13.5. The zero-order valence-corrected chi connectivity index (χ0v) is 15.4. The van der Waals surface area contributed by atoms with Gasteiger partial charge in [-0.05, 0) is 42.0 Å². The Kier molecular flexibility index (Phi) is 6.22. The van der Waals surface area contributed by atoms with Crippen molar-refractivity contribution in [2.45, 2.75) is 6.54 Å². The Balaban J connectivity index is 1.36. The number of amides is 2. The van der Waals surface area contributed by atoms with E-state index in [4.69, 9.17) is 21.7 Å². The van der Waals surface area contributed by atoms with E-state index < -0.39 is 17.6 Å². The van der Waals surface area contributed by atoms with E-state index in [-0.39, 0.29) is 24.0 Å². The minimum absolute atomic E-state index is 0.135. The Morgan fingerprint density at radius 2 is 1.82 bits per heavy atom. The molecule has 0 fully saturated rings. The van der Waals surface area contributed by atoms with Crippen LogP contribution in [0.4, 0.5) is 4.39 Å². The van der Waals surface area contributed by atoms with Crippen LogP contribution >= 0.6 is 12.2 Å². The molecule has 10 heteroatoms. The Morgan fingerprint density at radius 3 is 2.64 bits per heavy atom. The van der Waals surface area contributed by atoms with Gasteiger partial charge in [0.15, 0.2) is 16.6 Å². The van der Waals surface area contributed by atoms with Crippen LogP contribution < -0.4 is 31.0 Å². The number of carbonyl (C=O) groups excluding carboxylic acids is 2. The van der Waals surface area contributed by atoms with Crippen LogP contribution in [0.5, 0.6) is 11.5 Å². The molecule has 0 saturated heterocycles. The quantitative estimate of drug-likeness (QED) is 0.435. The van der Waals surface area contributed by atoms with E-state index >= 15 is 0 Å². The number of hydrogen-bond acceptors (Lipinski definition) is 5. The number of ether oxygens (including phenoxy) is 2. The minimum atomic E-state index is -0.684. The number of thiocarbonyl (C=S) groups is 1. The van der Waals surface area contributed by atoms with Gasteiger partial charge >= 0.3 is 0 Å². The number of hydrogen-bond donors (Lipinski definition) is 4. The number of benzene rings is 2. The summed E-state index contributed by atoms with van der Waals surface area (Å²) in [5.41, 5.74) is 5.63. The third-order valence-corrected chi connectivity index (χ3v) is 3.98. The molecule has 2 aromatic carbocycles. The smallest absolute Gasteiger partial charge is 0.257 e. The van der Waals surface area contributed by atoms with E-state index in [1.54, 1.807) is 6.07 Å². The summed E-state index contributed by atoms with van der Waals surface area (Å²) < 4.78 is 24.0. The average Bonchev–Trinajstić information content (AvgIpc) is 3.17. The van der Waals surface area contributed by atoms with Gasteiger partial charge in [0.2, 0.25) is 6.79 Å². The number of carbonyl (C=O) groups is 2. The number of fused-ring (bicyclic) bond motifs is 1. The Morgan fingerprint density at radius 1 is 1.04 bits per heavy atom. The van der Waals surface area contributed by atoms with E-state index in [2.05, 4.69) is 21.5 Å². The fourth-order valence-corrected chi connectivity index (χ4v) is 2.47. The first-order valence-corrected chi connectivity index (χ1v) is 8.67. The van der Waals surface area contributed by atoms with Gasteiger partial charge in [-0.3, -0.25) is 20.4 Å². The van der Waals surface area contributed by atoms with Crippen LogP contribution in [0, 0.1) is 5.82 Å². The summed E-state index contributed by atoms with van der Waals surface area (Å²) in [6, 6.07) is 11.0. The van der Waals surface area contributed by atoms with Crippen LogP contribution in [0.15, 0.2) is 42.5 Å². The number of rotatable bonds is 5. The lowest BCUT2D eigenvalue weighted by Crippen LogP contribution is -2.49. The Bertz CT molecular complexity index is 909. The predicted octanol–water partition coefficient (Wildman–Crippen LogP) is 0.980. The molecule has 2 aromatic rings. The first kappa shape index (κ1) is 19.4. The number of halogens is 1. The van der Waals surface area contributed by atoms with Crippen LogP contribution in [-0.4, -0.2) is 30.3 Å². The summed E-state index contributed by atoms with van der Waals surface area (Å²) in [5, 5.41) is 5.43. The van der Waals surface area contributed by atoms with Gasteiger partial charge in [0.25, 0.3) is 11.8 Å². The molecule has 146 valence electrons. The van der Waals surface area contributed by atoms with Crippen LogP contribution in [-0.2, 0) is 11.3 Å². The normalized spacial score (nSPS) is 11.5. The van der Waals surface area contributed by atoms with E-state index in [9.17, 15) is 14.0 Å². The van der Waals surface area contributed by atoms with Gasteiger partial charge in [-0.2, -0.15) is 0 Å². The van der Waals surface area contributed by atoms with Gasteiger partial charge in [0.1, 0.15) is 5.82 Å². The summed E-state index contributed by atoms with van der Waals surface area (Å²) in [4.78, 5) is 23.6. The molecule has 28 heavy (non-hydrogen) atoms. The predicted molar refractivity (Wildman–Crippen MR) is 102 cm³/mol. The molecule has 1 aliphatic rings. The third kappa shape index (κ3) is 5.07. The molecule has 8 nitrogen and oxygen atoms in total. The first-order valence-electron chi connectivity index (χ1n) is 8.27. The fourth-order valence-electron chi connectivity index (χ4n) is 2.35. The molecular formula is C18H17FN4O4S. The number of hydrazine groups is 1. The van der Waals surface area contributed by atoms with E-state index in [1.165, 1.54) is 24.3 Å². The lowest BCUT2D eigenvalue weighted by atomic mass is 10.2. The summed E-state index contributed by atoms with van der Waals surface area (Å²) >= 11 is 5.07. The van der Waals surface area contributed by atoms with Crippen molar-refractivity contribution in [2.75, 3.05) is 13.3 Å². The van der Waals surface area contributed by atoms with Crippen molar-refractivity contribution in [1.82, 2.24) is 21.5 Å². The molecule has 0 radical (unpaired) electrons. The highest BCUT2D eigenvalue weighted by Crippen LogP contribution is 2.32. The maximum atomic E-state index is 13.5. The highest BCUT2D eigenvalue weighted by atomic mass is 32.1. The Hall–Kier alpha value is -3.40. The first-order chi connectivity index (χ1) is 13.5. The van der Waals surface area contributed by atoms with Gasteiger partial charge in [-0.15, -0.1) is 0 Å². The van der Waals surface area contributed by atoms with Gasteiger partial charge in [-0.1, -0.05) is 18.2 Å². The van der Waals surface area contributed by atoms with E-state index in [0.717, 1.165) is 5.56 Å². The molecule has 0 atom stereocenters. The highest BCUT2D eigenvalue weighted by molar-refractivity contribution is 7.80. The second kappa shape index (κ2) is 9.00. The molecule has 0 bridgehead atoms. The van der Waals surface area contributed by atoms with Gasteiger partial charge < -0.3 is 20.1 Å². The molecule has 1 heterocycles. The second-order valence-electron chi connectivity index (χ2n) is 5.71. The van der Waals surface area contributed by atoms with E-state index in [1.807, 2.05) is 12.1 Å². The topological polar surface area (TPSA) is 101 Å². The molecular weight excluding hydrogens is 387 g/mol. The monoisotopic (exact) mass is 404 g/mol. The van der Waals surface area contributed by atoms with Crippen LogP contribution in [0.25, 0.3) is 0 Å². The maximum Gasteiger partial charge on any atom is 0.257 e. The highest BCUT2D eigenvalue weighted by Gasteiger charge is 2.14. The third-order valence-electron chi connectivity index (χ3n) is 3.73. The van der Waals surface area contributed by atoms with Crippen LogP contribution in [0.1, 0.15) is 15.9 Å². The second-order valence-corrected chi connectivity index (χ2v) is 6.11. The zero-order chi connectivity index (χ0) is 19.9. The zero-order valence-electron chi connectivity index (χ0n) is 14.6. The van der Waals surface area contributed by atoms with Crippen molar-refractivity contribution in [3.8, 4) is 11.5 Å². The van der Waals surface area contributed by atoms with Crippen LogP contribution in [0.2, 0.25) is 0 Å². The fraction of sp³-hybridized carbons (Fsp3) is 0.167. The molecule has 0 saturated carbocycles. The summed E-state index contributed by atoms with van der Waals surface area (Å²) in [5.74, 6) is -0.535. The van der Waals surface area contributed by atoms with E-state index in [0.29, 0.717) is 18.0 Å². The molecule has 1 aliphatic heterocycles. The molecule has 0 spiro atoms. The molecule has 0 aromatic heterocycles. The molecule has 0 aliphatic carbocycles. The largest absolute Gasteiger partial charge is 0.454 e. The van der Waals surface area contributed by atoms with Crippen molar-refractivity contribution in [2.24, 2.45) is 0 Å².